The maximum atomic E-state index is 13.9. The summed E-state index contributed by atoms with van der Waals surface area (Å²) < 4.78 is 35.9. The van der Waals surface area contributed by atoms with E-state index in [9.17, 15) is 18.4 Å². The van der Waals surface area contributed by atoms with Crippen LogP contribution in [0, 0.1) is 0 Å². The van der Waals surface area contributed by atoms with Gasteiger partial charge in [0.25, 0.3) is 5.91 Å². The maximum absolute atomic E-state index is 13.9. The number of hydrogen-bond donors (Lipinski definition) is 2. The number of rotatable bonds is 6. The molecule has 3 aromatic rings. The van der Waals surface area contributed by atoms with E-state index in [0.29, 0.717) is 17.2 Å². The molecular weight excluding hydrogens is 464 g/mol. The van der Waals surface area contributed by atoms with Gasteiger partial charge >= 0.3 is 0 Å². The Labute approximate surface area is 196 Å². The van der Waals surface area contributed by atoms with Crippen LogP contribution >= 0.6 is 11.8 Å². The van der Waals surface area contributed by atoms with Gasteiger partial charge in [-0.25, -0.2) is 18.9 Å². The minimum absolute atomic E-state index is 0.0753. The summed E-state index contributed by atoms with van der Waals surface area (Å²) in [5, 5.41) is 9.30. The van der Waals surface area contributed by atoms with Crippen LogP contribution in [0.25, 0.3) is 5.69 Å². The standard InChI is InChI=1S/C22H24N4O5S2/c1-22(2)20(21(27)24-28)26(12-13-32-22)33(29,30)19-9-8-16(25-11-10-23-15-25)14-18(19)31-17-6-4-3-5-7-17/h3-11,14-15,20,28H,12-13H2,1-2H3,(H,24,27)/t20-/m1/s1. The summed E-state index contributed by atoms with van der Waals surface area (Å²) in [6.45, 7) is 3.67. The minimum Gasteiger partial charge on any atom is -0.456 e. The van der Waals surface area contributed by atoms with Gasteiger partial charge in [0.1, 0.15) is 22.4 Å². The second-order valence-corrected chi connectivity index (χ2v) is 11.6. The lowest BCUT2D eigenvalue weighted by atomic mass is 10.0. The molecule has 1 aliphatic rings. The summed E-state index contributed by atoms with van der Waals surface area (Å²) in [5.74, 6) is 0.308. The number of hydroxylamine groups is 1. The number of benzene rings is 2. The normalized spacial score (nSPS) is 18.6. The van der Waals surface area contributed by atoms with Gasteiger partial charge in [-0.15, -0.1) is 0 Å². The fourth-order valence-electron chi connectivity index (χ4n) is 3.82. The van der Waals surface area contributed by atoms with Crippen LogP contribution in [0.5, 0.6) is 11.5 Å². The van der Waals surface area contributed by atoms with Gasteiger partial charge in [0.2, 0.25) is 10.0 Å². The highest BCUT2D eigenvalue weighted by Crippen LogP contribution is 2.40. The van der Waals surface area contributed by atoms with Crippen LogP contribution < -0.4 is 10.2 Å². The summed E-state index contributed by atoms with van der Waals surface area (Å²) in [6, 6.07) is 12.5. The Morgan fingerprint density at radius 3 is 2.67 bits per heavy atom. The lowest BCUT2D eigenvalue weighted by molar-refractivity contribution is -0.134. The predicted molar refractivity (Wildman–Crippen MR) is 124 cm³/mol. The van der Waals surface area contributed by atoms with Crippen molar-refractivity contribution >= 4 is 27.7 Å². The average Bonchev–Trinajstić information content (AvgIpc) is 3.33. The van der Waals surface area contributed by atoms with Crippen molar-refractivity contribution in [2.75, 3.05) is 12.3 Å². The Balaban J connectivity index is 1.82. The quantitative estimate of drug-likeness (QED) is 0.405. The van der Waals surface area contributed by atoms with E-state index in [0.717, 1.165) is 4.31 Å². The van der Waals surface area contributed by atoms with Gasteiger partial charge in [0.05, 0.1) is 12.0 Å². The fourth-order valence-corrected chi connectivity index (χ4v) is 7.03. The van der Waals surface area contributed by atoms with E-state index in [2.05, 4.69) is 4.98 Å². The number of thioether (sulfide) groups is 1. The molecule has 2 N–H and O–H groups in total. The lowest BCUT2D eigenvalue weighted by Gasteiger charge is -2.43. The van der Waals surface area contributed by atoms with Crippen molar-refractivity contribution in [3.63, 3.8) is 0 Å². The highest BCUT2D eigenvalue weighted by atomic mass is 32.2. The number of amides is 1. The third-order valence-electron chi connectivity index (χ3n) is 5.38. The van der Waals surface area contributed by atoms with Gasteiger partial charge in [-0.2, -0.15) is 16.1 Å². The van der Waals surface area contributed by atoms with E-state index in [4.69, 9.17) is 4.74 Å². The molecule has 2 aromatic carbocycles. The zero-order valence-electron chi connectivity index (χ0n) is 18.1. The van der Waals surface area contributed by atoms with Crippen LogP contribution in [0.4, 0.5) is 0 Å². The molecule has 1 fully saturated rings. The van der Waals surface area contributed by atoms with Crippen molar-refractivity contribution in [3.8, 4) is 17.2 Å². The first-order valence-corrected chi connectivity index (χ1v) is 12.6. The van der Waals surface area contributed by atoms with Crippen molar-refractivity contribution in [3.05, 3.63) is 67.3 Å². The van der Waals surface area contributed by atoms with Crippen LogP contribution in [0.2, 0.25) is 0 Å². The Bertz CT molecular complexity index is 1230. The Kier molecular flexibility index (Phi) is 6.48. The van der Waals surface area contributed by atoms with Crippen molar-refractivity contribution in [1.29, 1.82) is 0 Å². The first-order valence-electron chi connectivity index (χ1n) is 10.2. The molecule has 11 heteroatoms. The molecule has 1 atom stereocenters. The highest BCUT2D eigenvalue weighted by Gasteiger charge is 2.48. The molecule has 9 nitrogen and oxygen atoms in total. The molecule has 1 amide bonds. The Morgan fingerprint density at radius 2 is 2.00 bits per heavy atom. The first kappa shape index (κ1) is 23.3. The van der Waals surface area contributed by atoms with Gasteiger partial charge < -0.3 is 9.30 Å². The topological polar surface area (TPSA) is 114 Å². The predicted octanol–water partition coefficient (Wildman–Crippen LogP) is 3.05. The number of carbonyl (C=O) groups excluding carboxylic acids is 1. The lowest BCUT2D eigenvalue weighted by Crippen LogP contribution is -2.61. The van der Waals surface area contributed by atoms with Gasteiger partial charge in [0.15, 0.2) is 0 Å². The second kappa shape index (κ2) is 9.18. The summed E-state index contributed by atoms with van der Waals surface area (Å²) in [4.78, 5) is 16.5. The molecule has 0 bridgehead atoms. The zero-order chi connectivity index (χ0) is 23.6. The summed E-state index contributed by atoms with van der Waals surface area (Å²) in [6.07, 6.45) is 4.96. The van der Waals surface area contributed by atoms with E-state index < -0.39 is 26.7 Å². The van der Waals surface area contributed by atoms with Crippen LogP contribution in [0.3, 0.4) is 0 Å². The molecule has 0 radical (unpaired) electrons. The molecule has 174 valence electrons. The zero-order valence-corrected chi connectivity index (χ0v) is 19.7. The van der Waals surface area contributed by atoms with Crippen LogP contribution in [0.15, 0.2) is 72.1 Å². The molecule has 1 aliphatic heterocycles. The summed E-state index contributed by atoms with van der Waals surface area (Å²) in [5.41, 5.74) is 2.29. The minimum atomic E-state index is -4.18. The number of hydrogen-bond acceptors (Lipinski definition) is 7. The summed E-state index contributed by atoms with van der Waals surface area (Å²) in [7, 11) is -4.18. The second-order valence-electron chi connectivity index (χ2n) is 7.96. The van der Waals surface area contributed by atoms with Gasteiger partial charge in [-0.1, -0.05) is 18.2 Å². The molecule has 2 heterocycles. The molecule has 0 spiro atoms. The fraction of sp³-hybridized carbons (Fsp3) is 0.273. The van der Waals surface area contributed by atoms with E-state index in [-0.39, 0.29) is 17.2 Å². The molecular formula is C22H24N4O5S2. The number of ether oxygens (including phenoxy) is 1. The number of nitrogens with one attached hydrogen (secondary N) is 1. The summed E-state index contributed by atoms with van der Waals surface area (Å²) >= 11 is 1.48. The smallest absolute Gasteiger partial charge is 0.263 e. The van der Waals surface area contributed by atoms with E-state index in [1.54, 1.807) is 79.0 Å². The highest BCUT2D eigenvalue weighted by molar-refractivity contribution is 8.01. The van der Waals surface area contributed by atoms with Crippen LogP contribution in [-0.2, 0) is 14.8 Å². The first-order chi connectivity index (χ1) is 15.7. The van der Waals surface area contributed by atoms with Crippen LogP contribution in [-0.4, -0.2) is 56.5 Å². The van der Waals surface area contributed by atoms with E-state index >= 15 is 0 Å². The van der Waals surface area contributed by atoms with Gasteiger partial charge in [-0.05, 0) is 38.1 Å². The number of aromatic nitrogens is 2. The van der Waals surface area contributed by atoms with Crippen molar-refractivity contribution in [2.24, 2.45) is 0 Å². The molecule has 0 unspecified atom stereocenters. The van der Waals surface area contributed by atoms with Crippen molar-refractivity contribution < 1.29 is 23.2 Å². The van der Waals surface area contributed by atoms with Crippen molar-refractivity contribution in [2.45, 2.75) is 29.5 Å². The number of nitrogens with zero attached hydrogens (tertiary/aromatic N) is 3. The van der Waals surface area contributed by atoms with E-state index in [1.807, 2.05) is 6.07 Å². The molecule has 0 saturated carbocycles. The average molecular weight is 489 g/mol. The third-order valence-corrected chi connectivity index (χ3v) is 8.64. The van der Waals surface area contributed by atoms with Crippen LogP contribution in [0.1, 0.15) is 13.8 Å². The number of carbonyl (C=O) groups is 1. The molecule has 0 aliphatic carbocycles. The third kappa shape index (κ3) is 4.62. The van der Waals surface area contributed by atoms with Gasteiger partial charge in [0, 0.05) is 35.5 Å². The Morgan fingerprint density at radius 1 is 1.24 bits per heavy atom. The molecule has 4 rings (SSSR count). The number of sulfonamides is 1. The number of imidazole rings is 1. The van der Waals surface area contributed by atoms with Gasteiger partial charge in [-0.3, -0.25) is 10.0 Å². The monoisotopic (exact) mass is 488 g/mol. The molecule has 1 saturated heterocycles. The van der Waals surface area contributed by atoms with Crippen molar-refractivity contribution in [1.82, 2.24) is 19.3 Å². The van der Waals surface area contributed by atoms with E-state index in [1.165, 1.54) is 17.8 Å². The molecule has 1 aromatic heterocycles. The molecule has 33 heavy (non-hydrogen) atoms. The Hall–Kier alpha value is -2.86. The SMILES string of the molecule is CC1(C)SCCN(S(=O)(=O)c2ccc(-n3ccnc3)cc2Oc2ccccc2)[C@@H]1C(=O)NO. The maximum Gasteiger partial charge on any atom is 0.263 e. The number of para-hydroxylation sites is 1. The largest absolute Gasteiger partial charge is 0.456 e.